The van der Waals surface area contributed by atoms with Gasteiger partial charge < -0.3 is 9.64 Å². The summed E-state index contributed by atoms with van der Waals surface area (Å²) in [7, 11) is 0. The number of carbonyl (C=O) groups excluding carboxylic acids is 2. The molecule has 0 bridgehead atoms. The third kappa shape index (κ3) is 4.18. The summed E-state index contributed by atoms with van der Waals surface area (Å²) >= 11 is 0. The van der Waals surface area contributed by atoms with Crippen LogP contribution in [0.2, 0.25) is 0 Å². The molecule has 0 aromatic heterocycles. The van der Waals surface area contributed by atoms with Gasteiger partial charge in [0.25, 0.3) is 0 Å². The molecule has 3 rings (SSSR count). The summed E-state index contributed by atoms with van der Waals surface area (Å²) in [5.41, 5.74) is 2.95. The lowest BCUT2D eigenvalue weighted by Crippen LogP contribution is -2.38. The Labute approximate surface area is 147 Å². The van der Waals surface area contributed by atoms with E-state index in [0.29, 0.717) is 18.0 Å². The molecule has 0 fully saturated rings. The van der Waals surface area contributed by atoms with Crippen molar-refractivity contribution in [3.8, 4) is 5.75 Å². The lowest BCUT2D eigenvalue weighted by molar-refractivity contribution is -0.135. The Morgan fingerprint density at radius 1 is 1.08 bits per heavy atom. The number of hydrogen-bond donors (Lipinski definition) is 1. The monoisotopic (exact) mass is 338 g/mol. The third-order valence-electron chi connectivity index (χ3n) is 4.22. The van der Waals surface area contributed by atoms with Crippen LogP contribution in [0.3, 0.4) is 0 Å². The van der Waals surface area contributed by atoms with Crippen molar-refractivity contribution in [3.63, 3.8) is 0 Å². The van der Waals surface area contributed by atoms with Gasteiger partial charge in [0.1, 0.15) is 5.75 Å². The Balaban J connectivity index is 1.68. The van der Waals surface area contributed by atoms with Crippen LogP contribution >= 0.6 is 0 Å². The van der Waals surface area contributed by atoms with Gasteiger partial charge in [-0.1, -0.05) is 38.1 Å². The molecule has 1 heterocycles. The predicted octanol–water partition coefficient (Wildman–Crippen LogP) is 3.84. The predicted molar refractivity (Wildman–Crippen MR) is 96.5 cm³/mol. The minimum absolute atomic E-state index is 0.0105. The molecule has 130 valence electrons. The van der Waals surface area contributed by atoms with Crippen molar-refractivity contribution in [3.05, 3.63) is 59.7 Å². The number of nitrogens with one attached hydrogen (secondary N) is 1. The molecule has 0 radical (unpaired) electrons. The average Bonchev–Trinajstić information content (AvgIpc) is 2.61. The minimum atomic E-state index is -0.530. The Bertz CT molecular complexity index is 772. The zero-order valence-electron chi connectivity index (χ0n) is 14.5. The van der Waals surface area contributed by atoms with Gasteiger partial charge in [-0.25, -0.2) is 4.79 Å². The van der Waals surface area contributed by atoms with Crippen LogP contribution in [-0.2, 0) is 17.8 Å². The maximum atomic E-state index is 12.2. The van der Waals surface area contributed by atoms with Crippen LogP contribution in [0.1, 0.15) is 25.0 Å². The van der Waals surface area contributed by atoms with Gasteiger partial charge in [-0.2, -0.15) is 0 Å². The van der Waals surface area contributed by atoms with E-state index in [4.69, 9.17) is 4.74 Å². The Morgan fingerprint density at radius 3 is 2.56 bits per heavy atom. The molecule has 2 amide bonds. The number of benzene rings is 2. The van der Waals surface area contributed by atoms with Crippen molar-refractivity contribution in [2.24, 2.45) is 5.92 Å². The van der Waals surface area contributed by atoms with Gasteiger partial charge >= 0.3 is 6.09 Å². The number of rotatable bonds is 3. The Hall–Kier alpha value is -2.82. The molecule has 5 heteroatoms. The number of fused-ring (bicyclic) bond motifs is 1. The van der Waals surface area contributed by atoms with Gasteiger partial charge in [0.05, 0.1) is 0 Å². The lowest BCUT2D eigenvalue weighted by Gasteiger charge is -2.30. The summed E-state index contributed by atoms with van der Waals surface area (Å²) in [6.07, 6.45) is 0.305. The van der Waals surface area contributed by atoms with Gasteiger partial charge in [-0.15, -0.1) is 0 Å². The molecule has 1 N–H and O–H groups in total. The summed E-state index contributed by atoms with van der Waals surface area (Å²) in [6, 6.07) is 14.7. The molecule has 0 saturated carbocycles. The topological polar surface area (TPSA) is 58.6 Å². The smallest absolute Gasteiger partial charge is 0.410 e. The van der Waals surface area contributed by atoms with Gasteiger partial charge in [0.15, 0.2) is 0 Å². The van der Waals surface area contributed by atoms with E-state index < -0.39 is 6.09 Å². The van der Waals surface area contributed by atoms with E-state index in [9.17, 15) is 9.59 Å². The van der Waals surface area contributed by atoms with E-state index in [1.807, 2.05) is 55.1 Å². The third-order valence-corrected chi connectivity index (χ3v) is 4.22. The van der Waals surface area contributed by atoms with E-state index in [1.165, 1.54) is 5.56 Å². The highest BCUT2D eigenvalue weighted by atomic mass is 16.6. The highest BCUT2D eigenvalue weighted by molar-refractivity contribution is 5.86. The van der Waals surface area contributed by atoms with Gasteiger partial charge in [-0.3, -0.25) is 10.1 Å². The summed E-state index contributed by atoms with van der Waals surface area (Å²) < 4.78 is 5.24. The second kappa shape index (κ2) is 7.38. The SMILES string of the molecule is CC(C)C(=O)N1CCc2ccc(NC(=O)Oc3ccccc3)cc2C1. The van der Waals surface area contributed by atoms with Crippen LogP contribution in [0.5, 0.6) is 5.75 Å². The fraction of sp³-hybridized carbons (Fsp3) is 0.300. The quantitative estimate of drug-likeness (QED) is 0.925. The maximum absolute atomic E-state index is 12.2. The Kier molecular flexibility index (Phi) is 5.03. The second-order valence-electron chi connectivity index (χ2n) is 6.48. The van der Waals surface area contributed by atoms with Gasteiger partial charge in [-0.05, 0) is 41.8 Å². The first-order valence-electron chi connectivity index (χ1n) is 8.47. The average molecular weight is 338 g/mol. The summed E-state index contributed by atoms with van der Waals surface area (Å²) in [5.74, 6) is 0.642. The summed E-state index contributed by atoms with van der Waals surface area (Å²) in [5, 5.41) is 2.74. The molecular formula is C20H22N2O3. The standard InChI is InChI=1S/C20H22N2O3/c1-14(2)19(23)22-11-10-15-8-9-17(12-16(15)13-22)21-20(24)25-18-6-4-3-5-7-18/h3-9,12,14H,10-11,13H2,1-2H3,(H,21,24). The van der Waals surface area contributed by atoms with Crippen LogP contribution in [0.4, 0.5) is 10.5 Å². The second-order valence-corrected chi connectivity index (χ2v) is 6.48. The van der Waals surface area contributed by atoms with Crippen molar-refractivity contribution in [2.45, 2.75) is 26.8 Å². The number of hydrogen-bond acceptors (Lipinski definition) is 3. The highest BCUT2D eigenvalue weighted by Crippen LogP contribution is 2.24. The number of para-hydroxylation sites is 1. The number of carbonyl (C=O) groups is 2. The fourth-order valence-electron chi connectivity index (χ4n) is 2.93. The van der Waals surface area contributed by atoms with Crippen LogP contribution in [0.25, 0.3) is 0 Å². The molecule has 2 aromatic rings. The first-order chi connectivity index (χ1) is 12.0. The first kappa shape index (κ1) is 17.0. The van der Waals surface area contributed by atoms with Gasteiger partial charge in [0, 0.05) is 24.7 Å². The zero-order chi connectivity index (χ0) is 17.8. The molecule has 0 aliphatic carbocycles. The number of amides is 2. The number of anilines is 1. The maximum Gasteiger partial charge on any atom is 0.417 e. The largest absolute Gasteiger partial charge is 0.417 e. The van der Waals surface area contributed by atoms with Crippen molar-refractivity contribution >= 4 is 17.7 Å². The molecule has 0 spiro atoms. The molecule has 2 aromatic carbocycles. The fourth-order valence-corrected chi connectivity index (χ4v) is 2.93. The minimum Gasteiger partial charge on any atom is -0.410 e. The zero-order valence-corrected chi connectivity index (χ0v) is 14.5. The highest BCUT2D eigenvalue weighted by Gasteiger charge is 2.22. The summed E-state index contributed by atoms with van der Waals surface area (Å²) in [6.45, 7) is 5.15. The first-order valence-corrected chi connectivity index (χ1v) is 8.47. The normalized spacial score (nSPS) is 13.3. The molecule has 25 heavy (non-hydrogen) atoms. The molecular weight excluding hydrogens is 316 g/mol. The van der Waals surface area contributed by atoms with Crippen molar-refractivity contribution < 1.29 is 14.3 Å². The number of ether oxygens (including phenoxy) is 1. The molecule has 1 aliphatic rings. The molecule has 0 atom stereocenters. The van der Waals surface area contributed by atoms with Crippen LogP contribution in [0.15, 0.2) is 48.5 Å². The van der Waals surface area contributed by atoms with Crippen molar-refractivity contribution in [2.75, 3.05) is 11.9 Å². The number of nitrogens with zero attached hydrogens (tertiary/aromatic N) is 1. The van der Waals surface area contributed by atoms with E-state index in [1.54, 1.807) is 12.1 Å². The lowest BCUT2D eigenvalue weighted by atomic mass is 9.98. The summed E-state index contributed by atoms with van der Waals surface area (Å²) in [4.78, 5) is 26.1. The molecule has 0 unspecified atom stereocenters. The van der Waals surface area contributed by atoms with Crippen LogP contribution < -0.4 is 10.1 Å². The molecule has 5 nitrogen and oxygen atoms in total. The molecule has 1 aliphatic heterocycles. The van der Waals surface area contributed by atoms with E-state index in [0.717, 1.165) is 18.5 Å². The van der Waals surface area contributed by atoms with E-state index >= 15 is 0 Å². The Morgan fingerprint density at radius 2 is 1.84 bits per heavy atom. The van der Waals surface area contributed by atoms with E-state index in [2.05, 4.69) is 5.32 Å². The van der Waals surface area contributed by atoms with Crippen molar-refractivity contribution in [1.82, 2.24) is 4.90 Å². The van der Waals surface area contributed by atoms with Crippen LogP contribution in [-0.4, -0.2) is 23.4 Å². The van der Waals surface area contributed by atoms with Crippen LogP contribution in [0, 0.1) is 5.92 Å². The molecule has 0 saturated heterocycles. The van der Waals surface area contributed by atoms with E-state index in [-0.39, 0.29) is 11.8 Å². The van der Waals surface area contributed by atoms with Crippen molar-refractivity contribution in [1.29, 1.82) is 0 Å². The van der Waals surface area contributed by atoms with Gasteiger partial charge in [0.2, 0.25) is 5.91 Å².